The van der Waals surface area contributed by atoms with Crippen LogP contribution in [0.4, 0.5) is 0 Å². The van der Waals surface area contributed by atoms with Gasteiger partial charge in [0.2, 0.25) is 0 Å². The fraction of sp³-hybridized carbons (Fsp3) is 0.0692. The third-order valence-corrected chi connectivity index (χ3v) is 26.1. The van der Waals surface area contributed by atoms with Crippen LogP contribution in [0.1, 0.15) is 54.9 Å². The van der Waals surface area contributed by atoms with E-state index in [1.807, 2.05) is 112 Å². The molecule has 0 saturated carbocycles. The maximum absolute atomic E-state index is 5.18. The van der Waals surface area contributed by atoms with Crippen molar-refractivity contribution in [1.29, 1.82) is 0 Å². The lowest BCUT2D eigenvalue weighted by molar-refractivity contribution is 0.572. The Kier molecular flexibility index (Phi) is 24.0. The highest BCUT2D eigenvalue weighted by atomic mass is 14.9. The highest BCUT2D eigenvalue weighted by Crippen LogP contribution is 2.43. The van der Waals surface area contributed by atoms with E-state index in [-0.39, 0.29) is 5.41 Å². The number of benzene rings is 15. The zero-order valence-corrected chi connectivity index (χ0v) is 79.6. The maximum atomic E-state index is 5.18. The summed E-state index contributed by atoms with van der Waals surface area (Å²) in [6, 6.07) is 155. The van der Waals surface area contributed by atoms with Gasteiger partial charge in [-0.15, -0.1) is 0 Å². The predicted octanol–water partition coefficient (Wildman–Crippen LogP) is 33.2. The number of rotatable bonds is 15. The third kappa shape index (κ3) is 18.8. The van der Waals surface area contributed by atoms with E-state index in [4.69, 9.17) is 54.8 Å². The normalized spacial score (nSPS) is 11.4. The second-order valence-electron chi connectivity index (χ2n) is 37.1. The van der Waals surface area contributed by atoms with Crippen LogP contribution in [-0.4, -0.2) is 54.8 Å². The van der Waals surface area contributed by atoms with E-state index in [0.717, 1.165) is 223 Å². The second kappa shape index (κ2) is 38.3. The molecule has 0 radical (unpaired) electrons. The van der Waals surface area contributed by atoms with Crippen molar-refractivity contribution in [2.75, 3.05) is 0 Å². The zero-order chi connectivity index (χ0) is 95.6. The molecule has 0 fully saturated rings. The Balaban J connectivity index is 0.000000121. The van der Waals surface area contributed by atoms with Gasteiger partial charge in [-0.3, -0.25) is 24.9 Å². The monoisotopic (exact) mass is 1810 g/mol. The molecule has 0 aliphatic carbocycles. The van der Waals surface area contributed by atoms with Gasteiger partial charge in [-0.05, 0) is 173 Å². The van der Waals surface area contributed by atoms with Crippen LogP contribution in [0.2, 0.25) is 0 Å². The molecule has 0 bridgehead atoms. The van der Waals surface area contributed by atoms with Crippen molar-refractivity contribution in [3.63, 3.8) is 0 Å². The lowest BCUT2D eigenvalue weighted by Crippen LogP contribution is -2.14. The molecule has 24 rings (SSSR count). The first-order valence-electron chi connectivity index (χ1n) is 47.8. The molecule has 0 aliphatic heterocycles. The van der Waals surface area contributed by atoms with Crippen LogP contribution in [0.5, 0.6) is 0 Å². The number of pyridine rings is 7. The quantitative estimate of drug-likeness (QED) is 0.0906. The van der Waals surface area contributed by atoms with Crippen LogP contribution in [0, 0.1) is 34.6 Å². The minimum absolute atomic E-state index is 0.103. The summed E-state index contributed by atoms with van der Waals surface area (Å²) >= 11 is 0. The number of aryl methyl sites for hydroxylation is 5. The fourth-order valence-corrected chi connectivity index (χ4v) is 18.7. The highest BCUT2D eigenvalue weighted by Gasteiger charge is 2.23. The minimum atomic E-state index is -0.103. The number of nitrogens with zero attached hydrogens (tertiary/aromatic N) is 11. The average molecular weight is 1810 g/mol. The number of hydrogen-bond acceptors (Lipinski definition) is 11. The van der Waals surface area contributed by atoms with E-state index >= 15 is 0 Å². The molecule has 24 aromatic rings. The van der Waals surface area contributed by atoms with E-state index in [2.05, 4.69) is 386 Å². The molecule has 141 heavy (non-hydrogen) atoms. The molecule has 672 valence electrons. The first kappa shape index (κ1) is 88.4. The summed E-state index contributed by atoms with van der Waals surface area (Å²) in [6.07, 6.45) is 0. The number of aromatic nitrogens is 11. The summed E-state index contributed by atoms with van der Waals surface area (Å²) in [6.45, 7) is 16.9. The minimum Gasteiger partial charge on any atom is -0.251 e. The number of hydrogen-bond donors (Lipinski definition) is 0. The van der Waals surface area contributed by atoms with Crippen LogP contribution >= 0.6 is 0 Å². The average Bonchev–Trinajstić information content (AvgIpc) is 0.751. The Morgan fingerprint density at radius 2 is 0.369 bits per heavy atom. The molecule has 0 spiro atoms. The van der Waals surface area contributed by atoms with E-state index in [1.54, 1.807) is 0 Å². The maximum Gasteiger partial charge on any atom is 0.160 e. The summed E-state index contributed by atoms with van der Waals surface area (Å²) in [4.78, 5) is 54.5. The van der Waals surface area contributed by atoms with Gasteiger partial charge in [-0.2, -0.15) is 0 Å². The highest BCUT2D eigenvalue weighted by molar-refractivity contribution is 6.11. The molecule has 0 amide bonds. The van der Waals surface area contributed by atoms with E-state index < -0.39 is 0 Å². The Bertz CT molecular complexity index is 8260. The predicted molar refractivity (Wildman–Crippen MR) is 584 cm³/mol. The molecule has 0 unspecified atom stereocenters. The first-order valence-corrected chi connectivity index (χ1v) is 47.8. The van der Waals surface area contributed by atoms with Gasteiger partial charge in [0.1, 0.15) is 0 Å². The molecule has 0 N–H and O–H groups in total. The Morgan fingerprint density at radius 1 is 0.149 bits per heavy atom. The Morgan fingerprint density at radius 3 is 0.674 bits per heavy atom. The van der Waals surface area contributed by atoms with Crippen molar-refractivity contribution in [3.05, 3.63) is 477 Å². The van der Waals surface area contributed by atoms with Crippen molar-refractivity contribution >= 4 is 65.4 Å². The van der Waals surface area contributed by atoms with Crippen LogP contribution in [0.15, 0.2) is 443 Å². The van der Waals surface area contributed by atoms with E-state index in [0.29, 0.717) is 5.82 Å². The molecule has 0 atom stereocenters. The summed E-state index contributed by atoms with van der Waals surface area (Å²) < 4.78 is 0. The van der Waals surface area contributed by atoms with Gasteiger partial charge >= 0.3 is 0 Å². The molecule has 0 saturated heterocycles. The Hall–Kier alpha value is -17.9. The molecule has 9 aromatic heterocycles. The SMILES string of the molecule is Cc1ccc2ccc3c(-c4ccc(-c5ccc(-c6cc(-c7ccccc7)cc(-c7ccccc7)n6)cc5)cc4)cc(C(C)(C)C)nc3c2n1.Cc1ccc2ccc3c(-c4ccc(-c5ccc(-c6cc(-c7ccccc7)nc(-c7ccccc7)n6)cc5)cc4)cc(C)nc3c2n1.Cc1ccc2ccc3c(-c4ccc(-c5ccc(-c6nc(-c7ccccc7)cc(-c7ccccc7)n6)cc5)cc4)cc(C)nc3c2n1. The molecule has 15 aromatic carbocycles. The largest absolute Gasteiger partial charge is 0.251 e. The lowest BCUT2D eigenvalue weighted by Gasteiger charge is -2.21. The summed E-state index contributed by atoms with van der Waals surface area (Å²) in [5.74, 6) is 1.42. The molecule has 9 heterocycles. The summed E-state index contributed by atoms with van der Waals surface area (Å²) in [5.41, 5.74) is 41.8. The van der Waals surface area contributed by atoms with Gasteiger partial charge in [0, 0.05) is 116 Å². The Labute approximate surface area is 820 Å². The standard InChI is InChI=1S/C46H37N3.2C42H30N4/c1-30-15-16-37-25-26-39-40(29-43(46(2,3)4)49-45(39)44(37)47-30)34-21-17-32(18-22-34)33-19-23-36(24-20-33)42-28-38(31-11-7-5-8-12-31)27-41(48-42)35-13-9-6-10-14-35;1-27-13-14-34-23-24-36-37(25-28(2)44-41(36)40(34)43-27)31-19-15-29(16-20-31)30-17-21-33(22-18-30)39-26-38(32-9-5-3-6-10-32)45-42(46-39)35-11-7-4-8-12-35;1-27-13-14-34-23-24-36-37(25-28(2)44-41(36)40(34)43-27)31-19-15-29(16-20-31)30-17-21-35(22-18-30)42-45-38(32-9-5-3-6-10-32)26-39(46-42)33-11-7-4-8-12-33/h5-29H,1-4H3;2*3-26H,1-2H3. The first-order chi connectivity index (χ1) is 69.0. The van der Waals surface area contributed by atoms with Gasteiger partial charge in [0.05, 0.1) is 67.3 Å². The van der Waals surface area contributed by atoms with E-state index in [1.165, 1.54) is 38.9 Å². The van der Waals surface area contributed by atoms with Crippen molar-refractivity contribution in [1.82, 2.24) is 54.8 Å². The fourth-order valence-electron chi connectivity index (χ4n) is 18.7. The molecule has 11 nitrogen and oxygen atoms in total. The second-order valence-corrected chi connectivity index (χ2v) is 37.1. The smallest absolute Gasteiger partial charge is 0.160 e. The van der Waals surface area contributed by atoms with Crippen molar-refractivity contribution < 1.29 is 0 Å². The topological polar surface area (TPSA) is 142 Å². The van der Waals surface area contributed by atoms with Gasteiger partial charge in [-0.1, -0.05) is 403 Å². The lowest BCUT2D eigenvalue weighted by atomic mass is 9.88. The van der Waals surface area contributed by atoms with Crippen LogP contribution in [0.3, 0.4) is 0 Å². The van der Waals surface area contributed by atoms with Gasteiger partial charge in [0.15, 0.2) is 11.6 Å². The summed E-state index contributed by atoms with van der Waals surface area (Å²) in [7, 11) is 0. The molecule has 0 aliphatic rings. The zero-order valence-electron chi connectivity index (χ0n) is 79.6. The van der Waals surface area contributed by atoms with Crippen LogP contribution < -0.4 is 0 Å². The molecular weight excluding hydrogens is 1720 g/mol. The van der Waals surface area contributed by atoms with Crippen molar-refractivity contribution in [3.8, 4) is 168 Å². The number of fused-ring (bicyclic) bond motifs is 9. The van der Waals surface area contributed by atoms with Gasteiger partial charge < -0.3 is 0 Å². The van der Waals surface area contributed by atoms with Gasteiger partial charge in [-0.25, -0.2) is 29.9 Å². The van der Waals surface area contributed by atoms with Crippen LogP contribution in [0.25, 0.3) is 234 Å². The summed E-state index contributed by atoms with van der Waals surface area (Å²) in [5, 5.41) is 6.67. The van der Waals surface area contributed by atoms with E-state index in [9.17, 15) is 0 Å². The van der Waals surface area contributed by atoms with Crippen molar-refractivity contribution in [2.24, 2.45) is 0 Å². The van der Waals surface area contributed by atoms with Crippen molar-refractivity contribution in [2.45, 2.75) is 60.8 Å². The van der Waals surface area contributed by atoms with Crippen LogP contribution in [-0.2, 0) is 5.41 Å². The third-order valence-electron chi connectivity index (χ3n) is 26.1. The molecule has 11 heteroatoms. The van der Waals surface area contributed by atoms with Gasteiger partial charge in [0.25, 0.3) is 0 Å². The molecular formula is C130H97N11.